The van der Waals surface area contributed by atoms with E-state index in [1.807, 2.05) is 42.5 Å². The number of rotatable bonds is 5. The van der Waals surface area contributed by atoms with Crippen LogP contribution in [0.2, 0.25) is 0 Å². The largest absolute Gasteiger partial charge is 0.442 e. The molecule has 4 nitrogen and oxygen atoms in total. The molecule has 0 aliphatic carbocycles. The summed E-state index contributed by atoms with van der Waals surface area (Å²) in [4.78, 5) is 13.0. The van der Waals surface area contributed by atoms with Gasteiger partial charge in [0.2, 0.25) is 5.60 Å². The molecule has 2 rings (SSSR count). The van der Waals surface area contributed by atoms with Crippen LogP contribution < -0.4 is 0 Å². The minimum Gasteiger partial charge on any atom is -0.442 e. The highest BCUT2D eigenvalue weighted by Gasteiger charge is 2.46. The SMILES string of the molecule is COC(C(=O)OC(C)(C)C#N)(c1ccccc1)c1ccccc1. The minimum absolute atomic E-state index is 0.621. The fourth-order valence-electron chi connectivity index (χ4n) is 2.39. The van der Waals surface area contributed by atoms with Crippen LogP contribution in [-0.4, -0.2) is 18.7 Å². The third kappa shape index (κ3) is 3.25. The lowest BCUT2D eigenvalue weighted by Crippen LogP contribution is -2.44. The van der Waals surface area contributed by atoms with Gasteiger partial charge in [0, 0.05) is 7.11 Å². The van der Waals surface area contributed by atoms with Gasteiger partial charge in [-0.25, -0.2) is 4.79 Å². The van der Waals surface area contributed by atoms with Crippen molar-refractivity contribution in [2.24, 2.45) is 0 Å². The molecule has 0 spiro atoms. The van der Waals surface area contributed by atoms with Gasteiger partial charge in [-0.2, -0.15) is 5.26 Å². The molecule has 23 heavy (non-hydrogen) atoms. The van der Waals surface area contributed by atoms with Crippen LogP contribution in [0.1, 0.15) is 25.0 Å². The zero-order chi connectivity index (χ0) is 16.9. The molecule has 0 aliphatic heterocycles. The van der Waals surface area contributed by atoms with Crippen LogP contribution in [0.5, 0.6) is 0 Å². The predicted octanol–water partition coefficient (Wildman–Crippen LogP) is 3.42. The number of carbonyl (C=O) groups excluding carboxylic acids is 1. The summed E-state index contributed by atoms with van der Waals surface area (Å²) < 4.78 is 11.1. The summed E-state index contributed by atoms with van der Waals surface area (Å²) in [5.41, 5.74) is -1.37. The first-order chi connectivity index (χ1) is 11.0. The molecule has 118 valence electrons. The monoisotopic (exact) mass is 309 g/mol. The van der Waals surface area contributed by atoms with Gasteiger partial charge in [0.15, 0.2) is 5.60 Å². The van der Waals surface area contributed by atoms with Gasteiger partial charge in [-0.05, 0) is 25.0 Å². The number of nitrogens with zero attached hydrogens (tertiary/aromatic N) is 1. The zero-order valence-corrected chi connectivity index (χ0v) is 13.4. The molecule has 2 aromatic rings. The number of methoxy groups -OCH3 is 1. The first-order valence-electron chi connectivity index (χ1n) is 7.27. The molecule has 0 aliphatic rings. The highest BCUT2D eigenvalue weighted by molar-refractivity contribution is 5.86. The number of ether oxygens (including phenoxy) is 2. The number of benzene rings is 2. The lowest BCUT2D eigenvalue weighted by molar-refractivity contribution is -0.174. The van der Waals surface area contributed by atoms with E-state index in [1.165, 1.54) is 7.11 Å². The van der Waals surface area contributed by atoms with Crippen molar-refractivity contribution in [1.82, 2.24) is 0 Å². The highest BCUT2D eigenvalue weighted by Crippen LogP contribution is 2.35. The van der Waals surface area contributed by atoms with E-state index < -0.39 is 17.2 Å². The topological polar surface area (TPSA) is 59.3 Å². The van der Waals surface area contributed by atoms with Gasteiger partial charge >= 0.3 is 5.97 Å². The van der Waals surface area contributed by atoms with E-state index >= 15 is 0 Å². The van der Waals surface area contributed by atoms with Crippen LogP contribution >= 0.6 is 0 Å². The van der Waals surface area contributed by atoms with E-state index in [-0.39, 0.29) is 0 Å². The Hall–Kier alpha value is -2.64. The van der Waals surface area contributed by atoms with Crippen molar-refractivity contribution in [3.05, 3.63) is 71.8 Å². The molecule has 0 N–H and O–H groups in total. The predicted molar refractivity (Wildman–Crippen MR) is 86.5 cm³/mol. The molecule has 0 saturated heterocycles. The molecular weight excluding hydrogens is 290 g/mol. The maximum Gasteiger partial charge on any atom is 0.349 e. The van der Waals surface area contributed by atoms with Crippen LogP contribution in [0, 0.1) is 11.3 Å². The number of nitriles is 1. The third-order valence-corrected chi connectivity index (χ3v) is 3.57. The molecule has 4 heteroatoms. The number of carbonyl (C=O) groups is 1. The van der Waals surface area contributed by atoms with Gasteiger partial charge in [-0.3, -0.25) is 0 Å². The van der Waals surface area contributed by atoms with Crippen molar-refractivity contribution in [2.45, 2.75) is 25.0 Å². The summed E-state index contributed by atoms with van der Waals surface area (Å²) in [7, 11) is 1.46. The van der Waals surface area contributed by atoms with Gasteiger partial charge in [0.25, 0.3) is 0 Å². The fraction of sp³-hybridized carbons (Fsp3) is 0.263. The average molecular weight is 309 g/mol. The lowest BCUT2D eigenvalue weighted by Gasteiger charge is -2.33. The minimum atomic E-state index is -1.42. The molecule has 0 atom stereocenters. The van der Waals surface area contributed by atoms with E-state index in [9.17, 15) is 4.79 Å². The second-order valence-corrected chi connectivity index (χ2v) is 5.63. The van der Waals surface area contributed by atoms with Crippen molar-refractivity contribution < 1.29 is 14.3 Å². The van der Waals surface area contributed by atoms with Crippen LogP contribution in [-0.2, 0) is 19.9 Å². The van der Waals surface area contributed by atoms with Gasteiger partial charge in [-0.15, -0.1) is 0 Å². The number of hydrogen-bond donors (Lipinski definition) is 0. The second kappa shape index (κ2) is 6.64. The van der Waals surface area contributed by atoms with E-state index in [2.05, 4.69) is 0 Å². The van der Waals surface area contributed by atoms with Gasteiger partial charge in [0.05, 0.1) is 0 Å². The molecule has 0 bridgehead atoms. The Kier molecular flexibility index (Phi) is 4.83. The molecular formula is C19H19NO3. The fourth-order valence-corrected chi connectivity index (χ4v) is 2.39. The van der Waals surface area contributed by atoms with E-state index in [0.717, 1.165) is 0 Å². The smallest absolute Gasteiger partial charge is 0.349 e. The standard InChI is InChI=1S/C19H19NO3/c1-18(2,14-20)23-17(21)19(22-3,15-10-6-4-7-11-15)16-12-8-5-9-13-16/h4-13H,1-3H3. The van der Waals surface area contributed by atoms with Crippen LogP contribution in [0.15, 0.2) is 60.7 Å². The van der Waals surface area contributed by atoms with E-state index in [1.54, 1.807) is 38.1 Å². The Morgan fingerprint density at radius 1 is 0.957 bits per heavy atom. The molecule has 0 aromatic heterocycles. The van der Waals surface area contributed by atoms with Crippen molar-refractivity contribution >= 4 is 5.97 Å². The molecule has 2 aromatic carbocycles. The molecule has 0 fully saturated rings. The van der Waals surface area contributed by atoms with Crippen LogP contribution in [0.4, 0.5) is 0 Å². The molecule has 0 heterocycles. The normalized spacial score (nSPS) is 11.6. The summed E-state index contributed by atoms with van der Waals surface area (Å²) in [5.74, 6) is -0.621. The van der Waals surface area contributed by atoms with Crippen LogP contribution in [0.25, 0.3) is 0 Å². The molecule has 0 amide bonds. The van der Waals surface area contributed by atoms with E-state index in [4.69, 9.17) is 14.7 Å². The molecule has 0 radical (unpaired) electrons. The Morgan fingerprint density at radius 2 is 1.39 bits per heavy atom. The average Bonchev–Trinajstić information content (AvgIpc) is 2.58. The Bertz CT molecular complexity index is 663. The summed E-state index contributed by atoms with van der Waals surface area (Å²) in [6.45, 7) is 3.09. The Morgan fingerprint density at radius 3 is 1.74 bits per heavy atom. The van der Waals surface area contributed by atoms with Crippen LogP contribution in [0.3, 0.4) is 0 Å². The lowest BCUT2D eigenvalue weighted by atomic mass is 9.86. The molecule has 0 saturated carbocycles. The molecule has 0 unspecified atom stereocenters. The van der Waals surface area contributed by atoms with Crippen molar-refractivity contribution in [1.29, 1.82) is 5.26 Å². The summed E-state index contributed by atoms with van der Waals surface area (Å²) in [6, 6.07) is 20.2. The van der Waals surface area contributed by atoms with Gasteiger partial charge in [0.1, 0.15) is 6.07 Å². The summed E-state index contributed by atoms with van der Waals surface area (Å²) in [5, 5.41) is 9.15. The third-order valence-electron chi connectivity index (χ3n) is 3.57. The highest BCUT2D eigenvalue weighted by atomic mass is 16.6. The van der Waals surface area contributed by atoms with Crippen molar-refractivity contribution in [3.8, 4) is 6.07 Å². The maximum absolute atomic E-state index is 13.0. The second-order valence-electron chi connectivity index (χ2n) is 5.63. The number of hydrogen-bond acceptors (Lipinski definition) is 4. The quantitative estimate of drug-likeness (QED) is 0.794. The van der Waals surface area contributed by atoms with Crippen molar-refractivity contribution in [2.75, 3.05) is 7.11 Å². The number of esters is 1. The van der Waals surface area contributed by atoms with Gasteiger partial charge < -0.3 is 9.47 Å². The Balaban J connectivity index is 2.61. The zero-order valence-electron chi connectivity index (χ0n) is 13.4. The van der Waals surface area contributed by atoms with E-state index in [0.29, 0.717) is 11.1 Å². The van der Waals surface area contributed by atoms with Gasteiger partial charge in [-0.1, -0.05) is 60.7 Å². The summed E-state index contributed by atoms with van der Waals surface area (Å²) in [6.07, 6.45) is 0. The maximum atomic E-state index is 13.0. The van der Waals surface area contributed by atoms with Crippen molar-refractivity contribution in [3.63, 3.8) is 0 Å². The first-order valence-corrected chi connectivity index (χ1v) is 7.27. The summed E-state index contributed by atoms with van der Waals surface area (Å²) >= 11 is 0. The first kappa shape index (κ1) is 16.7. The Labute approximate surface area is 136 Å².